The third-order valence-corrected chi connectivity index (χ3v) is 0.348. The third kappa shape index (κ3) is 36.7. The topological polar surface area (TPSA) is 26.3 Å². The van der Waals surface area contributed by atoms with Crippen LogP contribution in [0.15, 0.2) is 0 Å². The van der Waals surface area contributed by atoms with Gasteiger partial charge in [-0.3, -0.25) is 4.79 Å². The van der Waals surface area contributed by atoms with Gasteiger partial charge in [0, 0.05) is 6.92 Å². The summed E-state index contributed by atoms with van der Waals surface area (Å²) in [6, 6.07) is 0. The number of hydrogen-bond donors (Lipinski definition) is 0. The van der Waals surface area contributed by atoms with Crippen LogP contribution in [-0.2, 0) is 20.7 Å². The molecule has 65 valence electrons. The van der Waals surface area contributed by atoms with E-state index in [1.165, 1.54) is 6.92 Å². The van der Waals surface area contributed by atoms with Crippen molar-refractivity contribution >= 4 is 36.3 Å². The van der Waals surface area contributed by atoms with Gasteiger partial charge in [-0.25, -0.2) is 0 Å². The maximum atomic E-state index is 9.82. The van der Waals surface area contributed by atoms with Crippen LogP contribution < -0.4 is 0 Å². The predicted octanol–water partition coefficient (Wildman–Crippen LogP) is 2.64. The monoisotopic (exact) mass is 249 g/mol. The van der Waals surface area contributed by atoms with Crippen molar-refractivity contribution in [1.29, 1.82) is 0 Å². The summed E-state index contributed by atoms with van der Waals surface area (Å²) in [5, 5.41) is 0. The molecule has 10 heavy (non-hydrogen) atoms. The fraction of sp³-hybridized carbons (Fsp3) is 0.750. The van der Waals surface area contributed by atoms with E-state index in [0.29, 0.717) is 6.61 Å². The first-order valence-electron chi connectivity index (χ1n) is 2.30. The summed E-state index contributed by atoms with van der Waals surface area (Å²) in [5.41, 5.74) is 0. The first kappa shape index (κ1) is 13.4. The van der Waals surface area contributed by atoms with Crippen LogP contribution in [0.25, 0.3) is 0 Å². The van der Waals surface area contributed by atoms with Crippen LogP contribution >= 0.6 is 30.3 Å². The molecule has 6 heteroatoms. The van der Waals surface area contributed by atoms with Crippen LogP contribution in [-0.4, -0.2) is 12.6 Å². The summed E-state index contributed by atoms with van der Waals surface area (Å²) in [7, 11) is 14.7. The number of carbonyl (C=O) groups is 1. The zero-order valence-electron chi connectivity index (χ0n) is 5.51. The molecule has 0 aromatic carbocycles. The van der Waals surface area contributed by atoms with E-state index < -0.39 is 11.2 Å². The third-order valence-electron chi connectivity index (χ3n) is 0.348. The fourth-order valence-electron chi connectivity index (χ4n) is 0.203. The van der Waals surface area contributed by atoms with E-state index in [-0.39, 0.29) is 5.97 Å². The Labute approximate surface area is 77.3 Å². The van der Waals surface area contributed by atoms with Gasteiger partial charge in [0.25, 0.3) is 0 Å². The van der Waals surface area contributed by atoms with Gasteiger partial charge in [0.2, 0.25) is 0 Å². The molecule has 0 saturated carbocycles. The van der Waals surface area contributed by atoms with Gasteiger partial charge in [0.05, 0.1) is 6.61 Å². The molecule has 0 aliphatic carbocycles. The molecular weight excluding hydrogens is 242 g/mol. The molecule has 0 aromatic rings. The van der Waals surface area contributed by atoms with E-state index in [2.05, 4.69) is 4.74 Å². The van der Waals surface area contributed by atoms with Crippen molar-refractivity contribution in [3.63, 3.8) is 0 Å². The van der Waals surface area contributed by atoms with Gasteiger partial charge in [-0.1, -0.05) is 0 Å². The van der Waals surface area contributed by atoms with Crippen molar-refractivity contribution in [2.24, 2.45) is 0 Å². The minimum atomic E-state index is -1.33. The van der Waals surface area contributed by atoms with Crippen LogP contribution in [0.2, 0.25) is 0 Å². The zero-order chi connectivity index (χ0) is 8.57. The minimum absolute atomic E-state index is 0.211. The molecule has 0 amide bonds. The Morgan fingerprint density at radius 1 is 1.50 bits per heavy atom. The molecule has 0 bridgehead atoms. The van der Waals surface area contributed by atoms with Crippen LogP contribution in [0.1, 0.15) is 13.8 Å². The number of rotatable bonds is 1. The van der Waals surface area contributed by atoms with Crippen LogP contribution in [0.4, 0.5) is 0 Å². The molecule has 0 N–H and O–H groups in total. The second-order valence-electron chi connectivity index (χ2n) is 1.08. The SMILES string of the molecule is CCOC(C)=O.[Cl][Fe]([Cl])[Cl]. The first-order valence-corrected chi connectivity index (χ1v) is 6.86. The summed E-state index contributed by atoms with van der Waals surface area (Å²) in [4.78, 5) is 9.82. The molecule has 0 rings (SSSR count). The van der Waals surface area contributed by atoms with Crippen molar-refractivity contribution in [2.45, 2.75) is 13.8 Å². The average Bonchev–Trinajstić information content (AvgIpc) is 1.62. The molecule has 0 aliphatic rings. The quantitative estimate of drug-likeness (QED) is 0.528. The molecule has 0 atom stereocenters. The van der Waals surface area contributed by atoms with Crippen LogP contribution in [0.5, 0.6) is 0 Å². The summed E-state index contributed by atoms with van der Waals surface area (Å²) in [5.74, 6) is -0.211. The van der Waals surface area contributed by atoms with Crippen LogP contribution in [0.3, 0.4) is 0 Å². The molecule has 0 aliphatic heterocycles. The van der Waals surface area contributed by atoms with Gasteiger partial charge in [-0.05, 0) is 6.92 Å². The fourth-order valence-corrected chi connectivity index (χ4v) is 0.203. The van der Waals surface area contributed by atoms with E-state index >= 15 is 0 Å². The normalized spacial score (nSPS) is 9.10. The number of ether oxygens (including phenoxy) is 1. The summed E-state index contributed by atoms with van der Waals surface area (Å²) >= 11 is -1.33. The van der Waals surface area contributed by atoms with Gasteiger partial charge < -0.3 is 4.74 Å². The average molecular weight is 250 g/mol. The number of carbonyl (C=O) groups excluding carboxylic acids is 1. The predicted molar refractivity (Wildman–Crippen MR) is 39.9 cm³/mol. The molecule has 0 aromatic heterocycles. The van der Waals surface area contributed by atoms with Crippen molar-refractivity contribution in [2.75, 3.05) is 6.61 Å². The van der Waals surface area contributed by atoms with Gasteiger partial charge >= 0.3 is 47.4 Å². The summed E-state index contributed by atoms with van der Waals surface area (Å²) in [6.45, 7) is 3.65. The van der Waals surface area contributed by atoms with Gasteiger partial charge in [-0.2, -0.15) is 0 Å². The van der Waals surface area contributed by atoms with E-state index in [4.69, 9.17) is 30.3 Å². The molecule has 0 unspecified atom stereocenters. The Morgan fingerprint density at radius 3 is 1.80 bits per heavy atom. The van der Waals surface area contributed by atoms with Crippen molar-refractivity contribution in [3.8, 4) is 0 Å². The number of esters is 1. The standard InChI is InChI=1S/C4H8O2.3ClH.Fe/c1-3-6-4(2)5;;;;/h3H2,1-2H3;3*1H;/q;;;;+3/p-3. The maximum absolute atomic E-state index is 9.82. The van der Waals surface area contributed by atoms with Gasteiger partial charge in [0.15, 0.2) is 0 Å². The molecule has 0 fully saturated rings. The van der Waals surface area contributed by atoms with Gasteiger partial charge in [0.1, 0.15) is 0 Å². The molecular formula is C4H8Cl3FeO2. The van der Waals surface area contributed by atoms with Crippen molar-refractivity contribution in [1.82, 2.24) is 0 Å². The van der Waals surface area contributed by atoms with E-state index in [1.807, 2.05) is 0 Å². The number of hydrogen-bond acceptors (Lipinski definition) is 2. The zero-order valence-corrected chi connectivity index (χ0v) is 8.88. The van der Waals surface area contributed by atoms with Gasteiger partial charge in [-0.15, -0.1) is 0 Å². The number of halogens is 3. The molecule has 0 heterocycles. The first-order chi connectivity index (χ1) is 4.50. The Hall–Kier alpha value is 0.859. The van der Waals surface area contributed by atoms with Crippen molar-refractivity contribution < 1.29 is 20.7 Å². The Balaban J connectivity index is 0. The van der Waals surface area contributed by atoms with Crippen LogP contribution in [0, 0.1) is 0 Å². The molecule has 2 nitrogen and oxygen atoms in total. The van der Waals surface area contributed by atoms with Crippen molar-refractivity contribution in [3.05, 3.63) is 0 Å². The Morgan fingerprint density at radius 2 is 1.80 bits per heavy atom. The van der Waals surface area contributed by atoms with E-state index in [9.17, 15) is 4.79 Å². The molecule has 0 saturated heterocycles. The van der Waals surface area contributed by atoms with E-state index in [1.54, 1.807) is 6.92 Å². The summed E-state index contributed by atoms with van der Waals surface area (Å²) in [6.07, 6.45) is 0. The second kappa shape index (κ2) is 9.86. The molecule has 0 radical (unpaired) electrons. The Kier molecular flexibility index (Phi) is 13.3. The summed E-state index contributed by atoms with van der Waals surface area (Å²) < 4.78 is 4.40. The Bertz CT molecular complexity index is 85.8. The van der Waals surface area contributed by atoms with E-state index in [0.717, 1.165) is 0 Å². The second-order valence-corrected chi connectivity index (χ2v) is 6.55. The molecule has 0 spiro atoms.